The van der Waals surface area contributed by atoms with Gasteiger partial charge in [-0.15, -0.1) is 0 Å². The molecule has 4 rings (SSSR count). The van der Waals surface area contributed by atoms with Crippen LogP contribution in [0.3, 0.4) is 0 Å². The maximum Gasteiger partial charge on any atom is 0.409 e. The molecular formula is C31H36N4O8. The lowest BCUT2D eigenvalue weighted by Gasteiger charge is -2.36. The van der Waals surface area contributed by atoms with Crippen LogP contribution in [-0.4, -0.2) is 95.8 Å². The van der Waals surface area contributed by atoms with Gasteiger partial charge in [-0.3, -0.25) is 9.59 Å². The molecule has 0 unspecified atom stereocenters. The van der Waals surface area contributed by atoms with Crippen molar-refractivity contribution in [3.8, 4) is 5.75 Å². The first-order chi connectivity index (χ1) is 20.7. The van der Waals surface area contributed by atoms with Crippen LogP contribution in [0, 0.1) is 6.92 Å². The van der Waals surface area contributed by atoms with Crippen LogP contribution in [0.2, 0.25) is 0 Å². The maximum atomic E-state index is 13.6. The Morgan fingerprint density at radius 1 is 1.00 bits per heavy atom. The molecule has 0 aliphatic carbocycles. The normalized spacial score (nSPS) is 13.8. The van der Waals surface area contributed by atoms with E-state index in [-0.39, 0.29) is 50.1 Å². The minimum atomic E-state index is -1.16. The van der Waals surface area contributed by atoms with Crippen LogP contribution < -0.4 is 10.1 Å². The number of piperazine rings is 1. The first-order valence-corrected chi connectivity index (χ1v) is 14.1. The zero-order valence-corrected chi connectivity index (χ0v) is 24.3. The summed E-state index contributed by atoms with van der Waals surface area (Å²) in [6.45, 7) is 5.03. The predicted molar refractivity (Wildman–Crippen MR) is 157 cm³/mol. The smallest absolute Gasteiger partial charge is 0.409 e. The van der Waals surface area contributed by atoms with Gasteiger partial charge in [-0.1, -0.05) is 36.4 Å². The maximum absolute atomic E-state index is 13.6. The second-order valence-corrected chi connectivity index (χ2v) is 10.1. The van der Waals surface area contributed by atoms with Gasteiger partial charge < -0.3 is 34.4 Å². The summed E-state index contributed by atoms with van der Waals surface area (Å²) in [5, 5.41) is 12.5. The molecule has 43 heavy (non-hydrogen) atoms. The molecule has 1 aliphatic heterocycles. The molecule has 0 bridgehead atoms. The summed E-state index contributed by atoms with van der Waals surface area (Å²) < 4.78 is 16.3. The molecule has 1 atom stereocenters. The minimum absolute atomic E-state index is 0.0198. The van der Waals surface area contributed by atoms with E-state index >= 15 is 0 Å². The lowest BCUT2D eigenvalue weighted by Crippen LogP contribution is -2.56. The highest BCUT2D eigenvalue weighted by atomic mass is 16.6. The number of pyridine rings is 1. The molecule has 0 saturated carbocycles. The van der Waals surface area contributed by atoms with Crippen molar-refractivity contribution >= 4 is 34.8 Å². The van der Waals surface area contributed by atoms with E-state index < -0.39 is 30.6 Å². The van der Waals surface area contributed by atoms with Gasteiger partial charge in [-0.2, -0.15) is 0 Å². The van der Waals surface area contributed by atoms with E-state index in [1.54, 1.807) is 28.9 Å². The Kier molecular flexibility index (Phi) is 10.9. The lowest BCUT2D eigenvalue weighted by atomic mass is 10.1. The number of aromatic nitrogens is 1. The third-order valence-corrected chi connectivity index (χ3v) is 6.89. The zero-order chi connectivity index (χ0) is 30.8. The number of carbonyl (C=O) groups excluding carboxylic acids is 3. The van der Waals surface area contributed by atoms with Gasteiger partial charge in [0.2, 0.25) is 5.91 Å². The SMILES string of the molecule is CCOC(=O)N1CCN(C(=O)[C@H](CCOCc2ccccc2)NC(=O)c2cc(OCC(=O)O)c3ccc(C)cc3n2)CC1. The van der Waals surface area contributed by atoms with E-state index in [2.05, 4.69) is 10.3 Å². The fraction of sp³-hybridized carbons (Fsp3) is 0.387. The number of nitrogens with zero attached hydrogens (tertiary/aromatic N) is 3. The van der Waals surface area contributed by atoms with Crippen LogP contribution in [0.5, 0.6) is 5.75 Å². The molecule has 0 radical (unpaired) electrons. The lowest BCUT2D eigenvalue weighted by molar-refractivity contribution is -0.139. The highest BCUT2D eigenvalue weighted by Gasteiger charge is 2.31. The number of hydrogen-bond acceptors (Lipinski definition) is 8. The number of fused-ring (bicyclic) bond motifs is 1. The van der Waals surface area contributed by atoms with Crippen molar-refractivity contribution in [2.45, 2.75) is 32.9 Å². The summed E-state index contributed by atoms with van der Waals surface area (Å²) in [7, 11) is 0. The molecular weight excluding hydrogens is 556 g/mol. The van der Waals surface area contributed by atoms with E-state index in [1.807, 2.05) is 43.3 Å². The Labute approximate surface area is 249 Å². The van der Waals surface area contributed by atoms with Crippen molar-refractivity contribution in [2.24, 2.45) is 0 Å². The summed E-state index contributed by atoms with van der Waals surface area (Å²) in [5.41, 5.74) is 2.31. The Morgan fingerprint density at radius 2 is 1.72 bits per heavy atom. The number of aryl methyl sites for hydroxylation is 1. The number of aliphatic carboxylic acids is 1. The van der Waals surface area contributed by atoms with Crippen molar-refractivity contribution in [3.63, 3.8) is 0 Å². The largest absolute Gasteiger partial charge is 0.481 e. The monoisotopic (exact) mass is 592 g/mol. The molecule has 12 heteroatoms. The fourth-order valence-corrected chi connectivity index (χ4v) is 4.68. The van der Waals surface area contributed by atoms with Gasteiger partial charge in [0, 0.05) is 44.2 Å². The Bertz CT molecular complexity index is 1440. The van der Waals surface area contributed by atoms with Crippen LogP contribution in [0.1, 0.15) is 35.0 Å². The second kappa shape index (κ2) is 15.0. The van der Waals surface area contributed by atoms with E-state index in [0.717, 1.165) is 11.1 Å². The van der Waals surface area contributed by atoms with Gasteiger partial charge in [0.25, 0.3) is 5.91 Å². The highest BCUT2D eigenvalue weighted by Crippen LogP contribution is 2.26. The molecule has 228 valence electrons. The van der Waals surface area contributed by atoms with Gasteiger partial charge in [0.15, 0.2) is 6.61 Å². The molecule has 3 aromatic rings. The van der Waals surface area contributed by atoms with Crippen molar-refractivity contribution in [3.05, 3.63) is 71.4 Å². The topological polar surface area (TPSA) is 148 Å². The number of hydrogen-bond donors (Lipinski definition) is 2. The Hall–Kier alpha value is -4.71. The van der Waals surface area contributed by atoms with Crippen LogP contribution in [0.15, 0.2) is 54.6 Å². The predicted octanol–water partition coefficient (Wildman–Crippen LogP) is 3.01. The summed E-state index contributed by atoms with van der Waals surface area (Å²) in [6.07, 6.45) is -0.225. The molecule has 3 amide bonds. The fourth-order valence-electron chi connectivity index (χ4n) is 4.68. The molecule has 0 spiro atoms. The van der Waals surface area contributed by atoms with Crippen LogP contribution in [0.4, 0.5) is 4.79 Å². The first-order valence-electron chi connectivity index (χ1n) is 14.1. The molecule has 12 nitrogen and oxygen atoms in total. The van der Waals surface area contributed by atoms with E-state index in [0.29, 0.717) is 30.6 Å². The second-order valence-electron chi connectivity index (χ2n) is 10.1. The molecule has 2 N–H and O–H groups in total. The average molecular weight is 593 g/mol. The van der Waals surface area contributed by atoms with Gasteiger partial charge in [-0.05, 0) is 43.5 Å². The number of carbonyl (C=O) groups is 4. The average Bonchev–Trinajstić information content (AvgIpc) is 3.01. The summed E-state index contributed by atoms with van der Waals surface area (Å²) in [5.74, 6) is -1.89. The van der Waals surface area contributed by atoms with Gasteiger partial charge in [0.05, 0.1) is 18.7 Å². The van der Waals surface area contributed by atoms with Crippen molar-refractivity contribution < 1.29 is 38.5 Å². The number of carboxylic acid groups (broad SMARTS) is 1. The third-order valence-electron chi connectivity index (χ3n) is 6.89. The first kappa shape index (κ1) is 31.2. The number of rotatable bonds is 12. The summed E-state index contributed by atoms with van der Waals surface area (Å²) in [6, 6.07) is 15.4. The zero-order valence-electron chi connectivity index (χ0n) is 24.3. The van der Waals surface area contributed by atoms with E-state index in [9.17, 15) is 19.2 Å². The molecule has 1 saturated heterocycles. The number of ether oxygens (including phenoxy) is 3. The minimum Gasteiger partial charge on any atom is -0.481 e. The third kappa shape index (κ3) is 8.65. The van der Waals surface area contributed by atoms with Crippen molar-refractivity contribution in [2.75, 3.05) is 46.0 Å². The Morgan fingerprint density at radius 3 is 2.42 bits per heavy atom. The van der Waals surface area contributed by atoms with Crippen LogP contribution >= 0.6 is 0 Å². The number of benzene rings is 2. The molecule has 2 aromatic carbocycles. The van der Waals surface area contributed by atoms with Gasteiger partial charge >= 0.3 is 12.1 Å². The molecule has 1 aliphatic rings. The van der Waals surface area contributed by atoms with Gasteiger partial charge in [-0.25, -0.2) is 14.6 Å². The standard InChI is InChI=1S/C31H36N4O8/c1-3-42-31(40)35-14-12-34(13-15-35)30(39)24(11-16-41-19-22-7-5-4-6-8-22)33-29(38)26-18-27(43-20-28(36)37)23-10-9-21(2)17-25(23)32-26/h4-10,17-18,24H,3,11-16,19-20H2,1-2H3,(H,33,38)(H,36,37)/t24-/m0/s1. The van der Waals surface area contributed by atoms with Crippen molar-refractivity contribution in [1.29, 1.82) is 0 Å². The summed E-state index contributed by atoms with van der Waals surface area (Å²) in [4.78, 5) is 58.0. The Balaban J connectivity index is 1.50. The molecule has 1 aromatic heterocycles. The van der Waals surface area contributed by atoms with Crippen LogP contribution in [0.25, 0.3) is 10.9 Å². The highest BCUT2D eigenvalue weighted by molar-refractivity contribution is 5.99. The van der Waals surface area contributed by atoms with E-state index in [1.165, 1.54) is 6.07 Å². The number of nitrogens with one attached hydrogen (secondary N) is 1. The molecule has 2 heterocycles. The number of amides is 3. The molecule has 1 fully saturated rings. The number of carboxylic acids is 1. The van der Waals surface area contributed by atoms with Gasteiger partial charge in [0.1, 0.15) is 17.5 Å². The summed E-state index contributed by atoms with van der Waals surface area (Å²) >= 11 is 0. The van der Waals surface area contributed by atoms with E-state index in [4.69, 9.17) is 19.3 Å². The van der Waals surface area contributed by atoms with Crippen LogP contribution in [-0.2, 0) is 25.7 Å². The quantitative estimate of drug-likeness (QED) is 0.303. The van der Waals surface area contributed by atoms with Crippen molar-refractivity contribution in [1.82, 2.24) is 20.1 Å².